The van der Waals surface area contributed by atoms with Crippen LogP contribution in [0.25, 0.3) is 6.08 Å². The highest BCUT2D eigenvalue weighted by Gasteiger charge is 2.31. The normalized spacial score (nSPS) is 14.5. The maximum Gasteiger partial charge on any atom is 0.305 e. The standard InChI is InChI=1S/C25H25Cl2NO5S2/c1-3-12-32-23(29)8-5-11-28-24(30)22(35-25(28)34)14-16-9-10-20(21(13-16)31-2)33-15-17-18(26)6-4-7-19(17)27/h4,6-7,9-10,13-14H,3,5,8,11-12,15H2,1-2H3/b22-14-. The second kappa shape index (κ2) is 13.2. The van der Waals surface area contributed by atoms with Crippen molar-refractivity contribution in [2.75, 3.05) is 20.3 Å². The van der Waals surface area contributed by atoms with Gasteiger partial charge in [-0.3, -0.25) is 14.5 Å². The highest BCUT2D eigenvalue weighted by atomic mass is 35.5. The SMILES string of the molecule is CCCOC(=O)CCCN1C(=O)/C(=C/c2ccc(OCc3c(Cl)cccc3Cl)c(OC)c2)SC1=S. The smallest absolute Gasteiger partial charge is 0.305 e. The average molecular weight is 555 g/mol. The van der Waals surface area contributed by atoms with Gasteiger partial charge in [0, 0.05) is 28.6 Å². The first kappa shape index (κ1) is 27.3. The largest absolute Gasteiger partial charge is 0.493 e. The molecule has 0 spiro atoms. The summed E-state index contributed by atoms with van der Waals surface area (Å²) in [6.45, 7) is 2.89. The molecule has 0 radical (unpaired) electrons. The summed E-state index contributed by atoms with van der Waals surface area (Å²) < 4.78 is 16.9. The third-order valence-corrected chi connectivity index (χ3v) is 7.11. The number of thiocarbonyl (C=S) groups is 1. The van der Waals surface area contributed by atoms with Crippen molar-refractivity contribution >= 4 is 69.5 Å². The highest BCUT2D eigenvalue weighted by Crippen LogP contribution is 2.35. The molecule has 186 valence electrons. The Kier molecular flexibility index (Phi) is 10.3. The van der Waals surface area contributed by atoms with E-state index in [1.807, 2.05) is 13.0 Å². The van der Waals surface area contributed by atoms with Gasteiger partial charge in [-0.05, 0) is 48.7 Å². The van der Waals surface area contributed by atoms with Crippen molar-refractivity contribution < 1.29 is 23.8 Å². The van der Waals surface area contributed by atoms with Gasteiger partial charge >= 0.3 is 5.97 Å². The van der Waals surface area contributed by atoms with Gasteiger partial charge in [0.25, 0.3) is 5.91 Å². The first-order chi connectivity index (χ1) is 16.8. The highest BCUT2D eigenvalue weighted by molar-refractivity contribution is 8.26. The fourth-order valence-electron chi connectivity index (χ4n) is 3.23. The van der Waals surface area contributed by atoms with Crippen LogP contribution in [0.2, 0.25) is 10.0 Å². The van der Waals surface area contributed by atoms with E-state index in [-0.39, 0.29) is 24.9 Å². The van der Waals surface area contributed by atoms with Crippen LogP contribution in [0.4, 0.5) is 0 Å². The van der Waals surface area contributed by atoms with Crippen LogP contribution in [0.5, 0.6) is 11.5 Å². The Labute approximate surface area is 224 Å². The summed E-state index contributed by atoms with van der Waals surface area (Å²) in [6.07, 6.45) is 3.26. The molecule has 3 rings (SSSR count). The van der Waals surface area contributed by atoms with Gasteiger partial charge < -0.3 is 14.2 Å². The molecule has 0 unspecified atom stereocenters. The molecule has 6 nitrogen and oxygen atoms in total. The number of thioether (sulfide) groups is 1. The van der Waals surface area contributed by atoms with Gasteiger partial charge in [0.2, 0.25) is 0 Å². The van der Waals surface area contributed by atoms with Crippen LogP contribution in [0.1, 0.15) is 37.3 Å². The molecule has 2 aromatic rings. The molecule has 0 N–H and O–H groups in total. The minimum atomic E-state index is -0.265. The molecule has 0 bridgehead atoms. The fourth-order valence-corrected chi connectivity index (χ4v) is 5.04. The summed E-state index contributed by atoms with van der Waals surface area (Å²) in [6, 6.07) is 10.6. The molecule has 0 saturated carbocycles. The molecule has 1 fully saturated rings. The Balaban J connectivity index is 1.65. The van der Waals surface area contributed by atoms with Gasteiger partial charge in [0.15, 0.2) is 11.5 Å². The number of hydrogen-bond acceptors (Lipinski definition) is 7. The van der Waals surface area contributed by atoms with Crippen LogP contribution in [-0.2, 0) is 20.9 Å². The van der Waals surface area contributed by atoms with Gasteiger partial charge in [0.05, 0.1) is 18.6 Å². The predicted molar refractivity (Wildman–Crippen MR) is 144 cm³/mol. The lowest BCUT2D eigenvalue weighted by Gasteiger charge is -2.14. The van der Waals surface area contributed by atoms with E-state index in [2.05, 4.69) is 0 Å². The third-order valence-electron chi connectivity index (χ3n) is 5.02. The van der Waals surface area contributed by atoms with E-state index in [0.29, 0.717) is 55.9 Å². The third kappa shape index (κ3) is 7.36. The lowest BCUT2D eigenvalue weighted by molar-refractivity contribution is -0.144. The molecule has 1 heterocycles. The molecule has 1 amide bonds. The van der Waals surface area contributed by atoms with E-state index in [0.717, 1.165) is 12.0 Å². The van der Waals surface area contributed by atoms with Crippen molar-refractivity contribution in [1.29, 1.82) is 0 Å². The van der Waals surface area contributed by atoms with Crippen LogP contribution >= 0.6 is 47.2 Å². The number of amides is 1. The van der Waals surface area contributed by atoms with E-state index >= 15 is 0 Å². The molecule has 0 aliphatic carbocycles. The second-order valence-electron chi connectivity index (χ2n) is 7.56. The van der Waals surface area contributed by atoms with Gasteiger partial charge in [-0.15, -0.1) is 0 Å². The van der Waals surface area contributed by atoms with Crippen molar-refractivity contribution in [2.24, 2.45) is 0 Å². The monoisotopic (exact) mass is 553 g/mol. The van der Waals surface area contributed by atoms with Gasteiger partial charge in [-0.2, -0.15) is 0 Å². The van der Waals surface area contributed by atoms with E-state index in [1.165, 1.54) is 16.7 Å². The summed E-state index contributed by atoms with van der Waals surface area (Å²) >= 11 is 19.0. The number of halogens is 2. The minimum Gasteiger partial charge on any atom is -0.493 e. The second-order valence-corrected chi connectivity index (χ2v) is 10.0. The molecule has 1 aliphatic rings. The topological polar surface area (TPSA) is 65.1 Å². The Morgan fingerprint density at radius 3 is 2.60 bits per heavy atom. The molecular formula is C25H25Cl2NO5S2. The Morgan fingerprint density at radius 2 is 1.91 bits per heavy atom. The van der Waals surface area contributed by atoms with Gasteiger partial charge in [0.1, 0.15) is 10.9 Å². The Morgan fingerprint density at radius 1 is 1.17 bits per heavy atom. The minimum absolute atomic E-state index is 0.179. The van der Waals surface area contributed by atoms with Crippen LogP contribution < -0.4 is 9.47 Å². The van der Waals surface area contributed by atoms with Crippen molar-refractivity contribution in [1.82, 2.24) is 4.90 Å². The zero-order chi connectivity index (χ0) is 25.4. The molecule has 1 saturated heterocycles. The Hall–Kier alpha value is -2.26. The molecule has 0 atom stereocenters. The summed E-state index contributed by atoms with van der Waals surface area (Å²) in [5.41, 5.74) is 1.44. The number of ether oxygens (including phenoxy) is 3. The van der Waals surface area contributed by atoms with E-state index in [9.17, 15) is 9.59 Å². The number of esters is 1. The first-order valence-electron chi connectivity index (χ1n) is 11.0. The zero-order valence-corrected chi connectivity index (χ0v) is 22.5. The quantitative estimate of drug-likeness (QED) is 0.178. The van der Waals surface area contributed by atoms with Gasteiger partial charge in [-0.25, -0.2) is 0 Å². The van der Waals surface area contributed by atoms with Crippen molar-refractivity contribution in [3.8, 4) is 11.5 Å². The number of carbonyl (C=O) groups excluding carboxylic acids is 2. The molecule has 35 heavy (non-hydrogen) atoms. The van der Waals surface area contributed by atoms with Crippen LogP contribution in [0.15, 0.2) is 41.3 Å². The van der Waals surface area contributed by atoms with Crippen molar-refractivity contribution in [2.45, 2.75) is 32.8 Å². The summed E-state index contributed by atoms with van der Waals surface area (Å²) in [4.78, 5) is 26.6. The summed E-state index contributed by atoms with van der Waals surface area (Å²) in [7, 11) is 1.54. The molecule has 2 aromatic carbocycles. The van der Waals surface area contributed by atoms with E-state index in [1.54, 1.807) is 43.5 Å². The summed E-state index contributed by atoms with van der Waals surface area (Å²) in [5, 5.41) is 1.04. The fraction of sp³-hybridized carbons (Fsp3) is 0.320. The van der Waals surface area contributed by atoms with Crippen molar-refractivity contribution in [3.05, 3.63) is 62.5 Å². The van der Waals surface area contributed by atoms with Crippen LogP contribution in [-0.4, -0.2) is 41.4 Å². The van der Waals surface area contributed by atoms with E-state index < -0.39 is 0 Å². The predicted octanol–water partition coefficient (Wildman–Crippen LogP) is 6.52. The lowest BCUT2D eigenvalue weighted by Crippen LogP contribution is -2.29. The van der Waals surface area contributed by atoms with Gasteiger partial charge in [-0.1, -0.05) is 66.2 Å². The number of nitrogens with zero attached hydrogens (tertiary/aromatic N) is 1. The maximum atomic E-state index is 12.9. The number of methoxy groups -OCH3 is 1. The maximum absolute atomic E-state index is 12.9. The first-order valence-corrected chi connectivity index (χ1v) is 13.0. The molecule has 1 aliphatic heterocycles. The Bertz CT molecular complexity index is 1120. The zero-order valence-electron chi connectivity index (χ0n) is 19.3. The van der Waals surface area contributed by atoms with E-state index in [4.69, 9.17) is 49.6 Å². The number of hydrogen-bond donors (Lipinski definition) is 0. The lowest BCUT2D eigenvalue weighted by atomic mass is 10.1. The number of rotatable bonds is 11. The average Bonchev–Trinajstić information content (AvgIpc) is 3.10. The molecular weight excluding hydrogens is 529 g/mol. The molecule has 0 aromatic heterocycles. The van der Waals surface area contributed by atoms with Crippen molar-refractivity contribution in [3.63, 3.8) is 0 Å². The summed E-state index contributed by atoms with van der Waals surface area (Å²) in [5.74, 6) is 0.569. The van der Waals surface area contributed by atoms with Crippen LogP contribution in [0, 0.1) is 0 Å². The number of benzene rings is 2. The molecule has 10 heteroatoms. The van der Waals surface area contributed by atoms with Crippen LogP contribution in [0.3, 0.4) is 0 Å². The number of carbonyl (C=O) groups is 2.